The predicted molar refractivity (Wildman–Crippen MR) is 432 cm³/mol. The van der Waals surface area contributed by atoms with Crippen molar-refractivity contribution in [3.63, 3.8) is 0 Å². The third-order valence-electron chi connectivity index (χ3n) is 20.0. The summed E-state index contributed by atoms with van der Waals surface area (Å²) in [4.78, 5) is 73.1. The van der Waals surface area contributed by atoms with E-state index in [0.717, 1.165) is 109 Å². The van der Waals surface area contributed by atoms with E-state index >= 15 is 0 Å². The van der Waals surface area contributed by atoms with Crippen LogP contribution in [0.4, 0.5) is 0 Å². The first-order valence-electron chi connectivity index (χ1n) is 44.0. The number of rotatable bonds is 84. The Balaban J connectivity index is 5.25. The number of carbonyl (C=O) groups excluding carboxylic acids is 4. The zero-order chi connectivity index (χ0) is 76.9. The zero-order valence-electron chi connectivity index (χ0n) is 68.4. The molecule has 0 aromatic rings. The molecule has 0 rings (SSSR count). The summed E-state index contributed by atoms with van der Waals surface area (Å²) in [6.45, 7) is 7.35. The number of hydrogen-bond donors (Lipinski definition) is 3. The number of carbonyl (C=O) groups is 4. The maximum atomic E-state index is 13.1. The van der Waals surface area contributed by atoms with Gasteiger partial charge in [0, 0.05) is 25.7 Å². The van der Waals surface area contributed by atoms with Crippen LogP contribution in [0.15, 0.2) is 24.3 Å². The Labute approximate surface area is 643 Å². The highest BCUT2D eigenvalue weighted by molar-refractivity contribution is 7.47. The Hall–Kier alpha value is -2.46. The van der Waals surface area contributed by atoms with Gasteiger partial charge >= 0.3 is 39.5 Å². The Morgan fingerprint density at radius 1 is 0.305 bits per heavy atom. The molecule has 0 aliphatic carbocycles. The summed E-state index contributed by atoms with van der Waals surface area (Å²) in [5, 5.41) is 10.7. The SMILES string of the molecule is CCCCCC/C=C\C=C/CCCCCCCC(=O)O[C@H](COC(=O)CCCCCCCCCCCC)COP(=O)(O)OC[C@H](O)COP(=O)(O)OC[C@@H](COC(=O)CCCCCCCCCCCCCCCCCCCC)OC(=O)CCCCCCCCCCCCCCCCCCCCC(C)CC. The minimum absolute atomic E-state index is 0.0856. The molecule has 17 nitrogen and oxygen atoms in total. The quantitative estimate of drug-likeness (QED) is 0.0169. The molecule has 0 spiro atoms. The monoisotopic (exact) mass is 1530 g/mol. The predicted octanol–water partition coefficient (Wildman–Crippen LogP) is 25.9. The molecule has 0 fully saturated rings. The van der Waals surface area contributed by atoms with Gasteiger partial charge in [0.1, 0.15) is 19.3 Å². The number of esters is 4. The normalized spacial score (nSPS) is 14.2. The number of phosphoric ester groups is 2. The highest BCUT2D eigenvalue weighted by Gasteiger charge is 2.30. The van der Waals surface area contributed by atoms with Crippen molar-refractivity contribution in [1.29, 1.82) is 0 Å². The Kier molecular flexibility index (Phi) is 76.4. The van der Waals surface area contributed by atoms with E-state index in [9.17, 15) is 43.2 Å². The lowest BCUT2D eigenvalue weighted by Gasteiger charge is -2.21. The lowest BCUT2D eigenvalue weighted by molar-refractivity contribution is -0.161. The van der Waals surface area contributed by atoms with Crippen LogP contribution < -0.4 is 0 Å². The number of ether oxygens (including phenoxy) is 4. The first-order valence-corrected chi connectivity index (χ1v) is 47.0. The average molecular weight is 1530 g/mol. The van der Waals surface area contributed by atoms with Crippen molar-refractivity contribution in [3.05, 3.63) is 24.3 Å². The summed E-state index contributed by atoms with van der Waals surface area (Å²) >= 11 is 0. The van der Waals surface area contributed by atoms with Crippen molar-refractivity contribution in [2.75, 3.05) is 39.6 Å². The van der Waals surface area contributed by atoms with Gasteiger partial charge in [-0.15, -0.1) is 0 Å². The van der Waals surface area contributed by atoms with Crippen LogP contribution >= 0.6 is 15.6 Å². The van der Waals surface area contributed by atoms with E-state index in [1.165, 1.54) is 250 Å². The number of phosphoric acid groups is 2. The van der Waals surface area contributed by atoms with Gasteiger partial charge in [-0.3, -0.25) is 37.3 Å². The maximum absolute atomic E-state index is 13.1. The van der Waals surface area contributed by atoms with Crippen LogP contribution in [0.1, 0.15) is 439 Å². The first-order chi connectivity index (χ1) is 51.1. The Morgan fingerprint density at radius 2 is 0.533 bits per heavy atom. The largest absolute Gasteiger partial charge is 0.472 e. The van der Waals surface area contributed by atoms with Crippen molar-refractivity contribution in [2.45, 2.75) is 457 Å². The van der Waals surface area contributed by atoms with E-state index < -0.39 is 97.5 Å². The molecule has 0 saturated carbocycles. The molecule has 3 unspecified atom stereocenters. The third kappa shape index (κ3) is 78.0. The zero-order valence-corrected chi connectivity index (χ0v) is 70.1. The maximum Gasteiger partial charge on any atom is 0.472 e. The molecule has 0 aliphatic rings. The van der Waals surface area contributed by atoms with Crippen molar-refractivity contribution >= 4 is 39.5 Å². The lowest BCUT2D eigenvalue weighted by atomic mass is 9.99. The Morgan fingerprint density at radius 3 is 0.810 bits per heavy atom. The second-order valence-corrected chi connectivity index (χ2v) is 33.4. The second kappa shape index (κ2) is 78.2. The molecular weight excluding hydrogens is 1370 g/mol. The van der Waals surface area contributed by atoms with Gasteiger partial charge in [0.25, 0.3) is 0 Å². The molecule has 0 radical (unpaired) electrons. The molecule has 105 heavy (non-hydrogen) atoms. The average Bonchev–Trinajstić information content (AvgIpc) is 0.945. The summed E-state index contributed by atoms with van der Waals surface area (Å²) in [5.41, 5.74) is 0. The van der Waals surface area contributed by atoms with Crippen LogP contribution in [-0.4, -0.2) is 96.7 Å². The summed E-state index contributed by atoms with van der Waals surface area (Å²) in [7, 11) is -9.94. The second-order valence-electron chi connectivity index (χ2n) is 30.5. The summed E-state index contributed by atoms with van der Waals surface area (Å²) in [5.74, 6) is -1.26. The fourth-order valence-electron chi connectivity index (χ4n) is 12.9. The molecular formula is C86H164O17P2. The highest BCUT2D eigenvalue weighted by Crippen LogP contribution is 2.45. The molecule has 0 bridgehead atoms. The van der Waals surface area contributed by atoms with Gasteiger partial charge in [-0.05, 0) is 57.3 Å². The molecule has 0 aromatic carbocycles. The molecule has 0 saturated heterocycles. The number of allylic oxidation sites excluding steroid dienone is 4. The number of hydrogen-bond acceptors (Lipinski definition) is 15. The number of aliphatic hydroxyl groups excluding tert-OH is 1. The molecule has 620 valence electrons. The molecule has 0 amide bonds. The van der Waals surface area contributed by atoms with Crippen molar-refractivity contribution in [3.8, 4) is 0 Å². The fourth-order valence-corrected chi connectivity index (χ4v) is 14.5. The van der Waals surface area contributed by atoms with Gasteiger partial charge in [-0.1, -0.05) is 386 Å². The molecule has 0 aromatic heterocycles. The van der Waals surface area contributed by atoms with Crippen molar-refractivity contribution in [2.24, 2.45) is 5.92 Å². The van der Waals surface area contributed by atoms with Crippen molar-refractivity contribution in [1.82, 2.24) is 0 Å². The van der Waals surface area contributed by atoms with E-state index in [4.69, 9.17) is 37.0 Å². The van der Waals surface area contributed by atoms with E-state index in [1.54, 1.807) is 0 Å². The summed E-state index contributed by atoms with van der Waals surface area (Å²) < 4.78 is 68.8. The van der Waals surface area contributed by atoms with Gasteiger partial charge in [0.15, 0.2) is 12.2 Å². The van der Waals surface area contributed by atoms with E-state index in [2.05, 4.69) is 58.9 Å². The van der Waals surface area contributed by atoms with Crippen LogP contribution in [0.5, 0.6) is 0 Å². The van der Waals surface area contributed by atoms with Crippen LogP contribution in [0, 0.1) is 5.92 Å². The van der Waals surface area contributed by atoms with Crippen LogP contribution in [0.25, 0.3) is 0 Å². The molecule has 3 N–H and O–H groups in total. The first kappa shape index (κ1) is 103. The van der Waals surface area contributed by atoms with E-state index in [1.807, 2.05) is 0 Å². The summed E-state index contributed by atoms with van der Waals surface area (Å²) in [6, 6.07) is 0. The molecule has 0 aliphatic heterocycles. The molecule has 19 heteroatoms. The van der Waals surface area contributed by atoms with Gasteiger partial charge in [0.05, 0.1) is 26.4 Å². The smallest absolute Gasteiger partial charge is 0.462 e. The van der Waals surface area contributed by atoms with Crippen LogP contribution in [0.3, 0.4) is 0 Å². The standard InChI is InChI=1S/C86H164O17P2/c1-6-10-13-16-19-22-25-27-29-30-34-38-41-45-50-55-60-65-70-84(89)97-76-82(103-86(91)72-67-62-57-52-47-43-39-35-32-31-33-37-40-44-48-53-58-63-68-79(5)9-4)78-101-105(94,95)99-74-80(87)73-98-104(92,93)100-77-81(75-96-83(88)69-64-59-54-49-24-21-18-15-12-8-3)102-85(90)71-66-61-56-51-46-42-36-28-26-23-20-17-14-11-7-2/h23,26,28,36,79-82,87H,6-22,24-25,27,29-35,37-78H2,1-5H3,(H,92,93)(H,94,95)/b26-23-,36-28-/t79?,80-,81+,82+/m0/s1. The lowest BCUT2D eigenvalue weighted by Crippen LogP contribution is -2.30. The van der Waals surface area contributed by atoms with Gasteiger partial charge in [0.2, 0.25) is 0 Å². The summed E-state index contributed by atoms with van der Waals surface area (Å²) in [6.07, 6.45) is 74.4. The van der Waals surface area contributed by atoms with Gasteiger partial charge in [-0.2, -0.15) is 0 Å². The van der Waals surface area contributed by atoms with E-state index in [-0.39, 0.29) is 25.7 Å². The van der Waals surface area contributed by atoms with E-state index in [0.29, 0.717) is 25.7 Å². The van der Waals surface area contributed by atoms with Crippen LogP contribution in [0.2, 0.25) is 0 Å². The third-order valence-corrected chi connectivity index (χ3v) is 21.9. The van der Waals surface area contributed by atoms with Gasteiger partial charge < -0.3 is 33.8 Å². The Bertz CT molecular complexity index is 2090. The minimum Gasteiger partial charge on any atom is -0.462 e. The van der Waals surface area contributed by atoms with Crippen molar-refractivity contribution < 1.29 is 80.2 Å². The number of aliphatic hydroxyl groups is 1. The molecule has 0 heterocycles. The highest BCUT2D eigenvalue weighted by atomic mass is 31.2. The minimum atomic E-state index is -4.97. The molecule has 6 atom stereocenters. The number of unbranched alkanes of at least 4 members (excludes halogenated alkanes) is 52. The van der Waals surface area contributed by atoms with Gasteiger partial charge in [-0.25, -0.2) is 9.13 Å². The van der Waals surface area contributed by atoms with Crippen LogP contribution in [-0.2, 0) is 65.4 Å². The fraction of sp³-hybridized carbons (Fsp3) is 0.907. The topological polar surface area (TPSA) is 237 Å².